The van der Waals surface area contributed by atoms with Crippen molar-refractivity contribution >= 4 is 27.4 Å². The van der Waals surface area contributed by atoms with Gasteiger partial charge in [0.1, 0.15) is 17.0 Å². The predicted molar refractivity (Wildman–Crippen MR) is 85.5 cm³/mol. The standard InChI is InChI=1S/C15H22N4S/c1-9-11(3)20-15-13(9)14(17-8-18-15)19-6-4-12(5-7-19)10(2)16/h8,10,12H,4-7,16H2,1-3H3. The van der Waals surface area contributed by atoms with Gasteiger partial charge >= 0.3 is 0 Å². The van der Waals surface area contributed by atoms with Crippen LogP contribution < -0.4 is 10.6 Å². The third kappa shape index (κ3) is 2.29. The van der Waals surface area contributed by atoms with Crippen LogP contribution in [0.1, 0.15) is 30.2 Å². The Hall–Kier alpha value is -1.20. The van der Waals surface area contributed by atoms with Crippen LogP contribution in [0.2, 0.25) is 0 Å². The molecule has 20 heavy (non-hydrogen) atoms. The minimum absolute atomic E-state index is 0.299. The fourth-order valence-electron chi connectivity index (χ4n) is 3.04. The van der Waals surface area contributed by atoms with Crippen LogP contribution in [0.15, 0.2) is 6.33 Å². The number of nitrogens with zero attached hydrogens (tertiary/aromatic N) is 3. The molecule has 0 radical (unpaired) electrons. The number of aromatic nitrogens is 2. The summed E-state index contributed by atoms with van der Waals surface area (Å²) < 4.78 is 0. The van der Waals surface area contributed by atoms with Crippen LogP contribution in [0, 0.1) is 19.8 Å². The highest BCUT2D eigenvalue weighted by molar-refractivity contribution is 7.18. The molecule has 1 atom stereocenters. The van der Waals surface area contributed by atoms with Gasteiger partial charge in [-0.2, -0.15) is 0 Å². The van der Waals surface area contributed by atoms with Gasteiger partial charge in [-0.25, -0.2) is 9.97 Å². The summed E-state index contributed by atoms with van der Waals surface area (Å²) in [6.07, 6.45) is 4.02. The average Bonchev–Trinajstić information content (AvgIpc) is 2.74. The molecule has 0 aromatic carbocycles. The smallest absolute Gasteiger partial charge is 0.141 e. The summed E-state index contributed by atoms with van der Waals surface area (Å²) in [5.41, 5.74) is 7.36. The number of piperidine rings is 1. The summed E-state index contributed by atoms with van der Waals surface area (Å²) in [6, 6.07) is 0.299. The summed E-state index contributed by atoms with van der Waals surface area (Å²) in [5.74, 6) is 1.76. The first-order chi connectivity index (χ1) is 9.58. The van der Waals surface area contributed by atoms with E-state index < -0.39 is 0 Å². The van der Waals surface area contributed by atoms with E-state index in [1.54, 1.807) is 17.7 Å². The first-order valence-electron chi connectivity index (χ1n) is 7.29. The second kappa shape index (κ2) is 5.30. The van der Waals surface area contributed by atoms with Gasteiger partial charge in [0.25, 0.3) is 0 Å². The summed E-state index contributed by atoms with van der Waals surface area (Å²) in [7, 11) is 0. The predicted octanol–water partition coefficient (Wildman–Crippen LogP) is 2.87. The first-order valence-corrected chi connectivity index (χ1v) is 8.10. The Morgan fingerprint density at radius 3 is 2.65 bits per heavy atom. The van der Waals surface area contributed by atoms with Crippen molar-refractivity contribution in [2.45, 2.75) is 39.7 Å². The fourth-order valence-corrected chi connectivity index (χ4v) is 4.03. The minimum Gasteiger partial charge on any atom is -0.356 e. The molecule has 0 saturated carbocycles. The monoisotopic (exact) mass is 290 g/mol. The molecule has 0 bridgehead atoms. The number of fused-ring (bicyclic) bond motifs is 1. The highest BCUT2D eigenvalue weighted by Crippen LogP contribution is 2.35. The first kappa shape index (κ1) is 13.8. The zero-order valence-electron chi connectivity index (χ0n) is 12.4. The van der Waals surface area contributed by atoms with Crippen molar-refractivity contribution in [2.75, 3.05) is 18.0 Å². The van der Waals surface area contributed by atoms with Gasteiger partial charge in [0.05, 0.1) is 5.39 Å². The van der Waals surface area contributed by atoms with Crippen LogP contribution in [0.3, 0.4) is 0 Å². The Balaban J connectivity index is 1.92. The maximum absolute atomic E-state index is 6.03. The lowest BCUT2D eigenvalue weighted by molar-refractivity contribution is 0.354. The maximum atomic E-state index is 6.03. The van der Waals surface area contributed by atoms with Crippen LogP contribution in [-0.4, -0.2) is 29.1 Å². The number of aryl methyl sites for hydroxylation is 2. The van der Waals surface area contributed by atoms with Crippen LogP contribution in [0.25, 0.3) is 10.2 Å². The molecule has 3 rings (SSSR count). The molecule has 2 aromatic heterocycles. The molecule has 0 amide bonds. The number of hydrogen-bond acceptors (Lipinski definition) is 5. The largest absolute Gasteiger partial charge is 0.356 e. The second-order valence-electron chi connectivity index (χ2n) is 5.84. The quantitative estimate of drug-likeness (QED) is 0.924. The van der Waals surface area contributed by atoms with Gasteiger partial charge in [0.15, 0.2) is 0 Å². The molecule has 5 heteroatoms. The van der Waals surface area contributed by atoms with E-state index in [4.69, 9.17) is 5.73 Å². The van der Waals surface area contributed by atoms with Crippen LogP contribution in [0.4, 0.5) is 5.82 Å². The molecule has 1 unspecified atom stereocenters. The van der Waals surface area contributed by atoms with E-state index in [9.17, 15) is 0 Å². The molecular formula is C15H22N4S. The zero-order chi connectivity index (χ0) is 14.3. The lowest BCUT2D eigenvalue weighted by Gasteiger charge is -2.34. The molecule has 4 nitrogen and oxygen atoms in total. The molecule has 2 aromatic rings. The van der Waals surface area contributed by atoms with Crippen molar-refractivity contribution in [3.8, 4) is 0 Å². The minimum atomic E-state index is 0.299. The molecule has 108 valence electrons. The van der Waals surface area contributed by atoms with Gasteiger partial charge in [-0.1, -0.05) is 0 Å². The van der Waals surface area contributed by atoms with Crippen molar-refractivity contribution < 1.29 is 0 Å². The van der Waals surface area contributed by atoms with Crippen molar-refractivity contribution in [1.29, 1.82) is 0 Å². The van der Waals surface area contributed by atoms with E-state index in [0.29, 0.717) is 12.0 Å². The van der Waals surface area contributed by atoms with Crippen molar-refractivity contribution in [3.05, 3.63) is 16.8 Å². The Bertz CT molecular complexity index is 612. The number of anilines is 1. The Morgan fingerprint density at radius 1 is 1.30 bits per heavy atom. The van der Waals surface area contributed by atoms with Gasteiger partial charge < -0.3 is 10.6 Å². The van der Waals surface area contributed by atoms with Gasteiger partial charge in [0, 0.05) is 24.0 Å². The normalized spacial score (nSPS) is 18.7. The Kier molecular flexibility index (Phi) is 3.65. The number of nitrogens with two attached hydrogens (primary N) is 1. The molecule has 1 aliphatic heterocycles. The highest BCUT2D eigenvalue weighted by Gasteiger charge is 2.24. The topological polar surface area (TPSA) is 55.0 Å². The lowest BCUT2D eigenvalue weighted by Crippen LogP contribution is -2.40. The molecule has 1 fully saturated rings. The lowest BCUT2D eigenvalue weighted by atomic mass is 9.91. The third-order valence-corrected chi connectivity index (χ3v) is 5.64. The summed E-state index contributed by atoms with van der Waals surface area (Å²) in [5, 5.41) is 1.24. The van der Waals surface area contributed by atoms with E-state index in [0.717, 1.165) is 36.6 Å². The molecule has 0 aliphatic carbocycles. The Morgan fingerprint density at radius 2 is 2.00 bits per heavy atom. The molecule has 1 aliphatic rings. The van der Waals surface area contributed by atoms with Crippen molar-refractivity contribution in [3.63, 3.8) is 0 Å². The van der Waals surface area contributed by atoms with E-state index in [-0.39, 0.29) is 0 Å². The number of hydrogen-bond donors (Lipinski definition) is 1. The molecule has 1 saturated heterocycles. The fraction of sp³-hybridized carbons (Fsp3) is 0.600. The third-order valence-electron chi connectivity index (χ3n) is 4.53. The van der Waals surface area contributed by atoms with Crippen molar-refractivity contribution in [1.82, 2.24) is 9.97 Å². The summed E-state index contributed by atoms with van der Waals surface area (Å²) in [4.78, 5) is 13.8. The second-order valence-corrected chi connectivity index (χ2v) is 7.05. The van der Waals surface area contributed by atoms with Crippen LogP contribution >= 0.6 is 11.3 Å². The van der Waals surface area contributed by atoms with Crippen LogP contribution in [-0.2, 0) is 0 Å². The Labute approximate surface area is 124 Å². The van der Waals surface area contributed by atoms with E-state index in [1.165, 1.54) is 15.8 Å². The highest BCUT2D eigenvalue weighted by atomic mass is 32.1. The van der Waals surface area contributed by atoms with Gasteiger partial charge in [-0.15, -0.1) is 11.3 Å². The molecular weight excluding hydrogens is 268 g/mol. The van der Waals surface area contributed by atoms with Gasteiger partial charge in [0.2, 0.25) is 0 Å². The SMILES string of the molecule is Cc1sc2ncnc(N3CCC(C(C)N)CC3)c2c1C. The van der Waals surface area contributed by atoms with E-state index in [1.807, 2.05) is 0 Å². The molecule has 2 N–H and O–H groups in total. The number of thiophene rings is 1. The summed E-state index contributed by atoms with van der Waals surface area (Å²) >= 11 is 1.76. The van der Waals surface area contributed by atoms with E-state index >= 15 is 0 Å². The maximum Gasteiger partial charge on any atom is 0.141 e. The van der Waals surface area contributed by atoms with Crippen LogP contribution in [0.5, 0.6) is 0 Å². The zero-order valence-corrected chi connectivity index (χ0v) is 13.2. The average molecular weight is 290 g/mol. The number of rotatable bonds is 2. The van der Waals surface area contributed by atoms with E-state index in [2.05, 4.69) is 35.6 Å². The van der Waals surface area contributed by atoms with Gasteiger partial charge in [-0.05, 0) is 45.1 Å². The molecule has 3 heterocycles. The van der Waals surface area contributed by atoms with Crippen molar-refractivity contribution in [2.24, 2.45) is 11.7 Å². The summed E-state index contributed by atoms with van der Waals surface area (Å²) in [6.45, 7) is 8.55. The van der Waals surface area contributed by atoms with Gasteiger partial charge in [-0.3, -0.25) is 0 Å². The molecule has 0 spiro atoms.